The van der Waals surface area contributed by atoms with Crippen molar-refractivity contribution in [2.24, 2.45) is 13.0 Å². The van der Waals surface area contributed by atoms with Gasteiger partial charge in [-0.15, -0.1) is 11.3 Å². The maximum atomic E-state index is 5.89. The van der Waals surface area contributed by atoms with Crippen LogP contribution in [0.3, 0.4) is 0 Å². The molecule has 0 radical (unpaired) electrons. The fourth-order valence-electron chi connectivity index (χ4n) is 2.70. The minimum atomic E-state index is 0.165. The molecule has 0 amide bonds. The monoisotopic (exact) mass is 292 g/mol. The van der Waals surface area contributed by atoms with Crippen molar-refractivity contribution in [3.63, 3.8) is 0 Å². The second-order valence-corrected chi connectivity index (χ2v) is 6.52. The number of aromatic nitrogens is 3. The summed E-state index contributed by atoms with van der Waals surface area (Å²) in [6.45, 7) is 4.73. The van der Waals surface area contributed by atoms with E-state index < -0.39 is 0 Å². The van der Waals surface area contributed by atoms with Gasteiger partial charge in [-0.25, -0.2) is 4.98 Å². The van der Waals surface area contributed by atoms with Crippen LogP contribution < -0.4 is 5.32 Å². The lowest BCUT2D eigenvalue weighted by molar-refractivity contribution is 0.0838. The third kappa shape index (κ3) is 2.92. The average Bonchev–Trinajstić information content (AvgIpc) is 3.12. The molecule has 0 aliphatic carbocycles. The Bertz CT molecular complexity index is 565. The Labute approximate surface area is 123 Å². The normalized spacial score (nSPS) is 22.5. The van der Waals surface area contributed by atoms with Crippen LogP contribution in [0.15, 0.2) is 18.5 Å². The molecule has 2 aromatic rings. The summed E-state index contributed by atoms with van der Waals surface area (Å²) in [6.07, 6.45) is 5.06. The first-order valence-corrected chi connectivity index (χ1v) is 7.77. The quantitative estimate of drug-likeness (QED) is 0.916. The third-order valence-corrected chi connectivity index (χ3v) is 4.65. The van der Waals surface area contributed by atoms with Gasteiger partial charge in [0, 0.05) is 49.9 Å². The molecule has 0 bridgehead atoms. The minimum absolute atomic E-state index is 0.165. The Kier molecular flexibility index (Phi) is 4.14. The summed E-state index contributed by atoms with van der Waals surface area (Å²) in [7, 11) is 1.97. The highest BCUT2D eigenvalue weighted by molar-refractivity contribution is 7.11. The first-order valence-electron chi connectivity index (χ1n) is 6.95. The number of aryl methyl sites for hydroxylation is 2. The van der Waals surface area contributed by atoms with Crippen molar-refractivity contribution in [2.45, 2.75) is 26.0 Å². The molecule has 1 fully saturated rings. The molecule has 0 spiro atoms. The Balaban J connectivity index is 1.55. The molecule has 3 heterocycles. The number of nitrogens with zero attached hydrogens (tertiary/aromatic N) is 3. The molecule has 1 aliphatic rings. The zero-order chi connectivity index (χ0) is 13.9. The number of nitrogens with one attached hydrogen (secondary N) is 1. The molecule has 1 aliphatic heterocycles. The summed E-state index contributed by atoms with van der Waals surface area (Å²) < 4.78 is 7.80. The first-order chi connectivity index (χ1) is 9.74. The molecule has 0 unspecified atom stereocenters. The van der Waals surface area contributed by atoms with Crippen LogP contribution in [0.1, 0.15) is 28.1 Å². The molecule has 1 N–H and O–H groups in total. The smallest absolute Gasteiger partial charge is 0.103 e. The van der Waals surface area contributed by atoms with Crippen LogP contribution in [0.25, 0.3) is 0 Å². The molecule has 2 aromatic heterocycles. The number of thiazole rings is 1. The summed E-state index contributed by atoms with van der Waals surface area (Å²) in [4.78, 5) is 5.57. The summed E-state index contributed by atoms with van der Waals surface area (Å²) in [5, 5.41) is 8.89. The van der Waals surface area contributed by atoms with E-state index in [4.69, 9.17) is 4.74 Å². The fraction of sp³-hybridized carbons (Fsp3) is 0.571. The Morgan fingerprint density at radius 1 is 1.55 bits per heavy atom. The van der Waals surface area contributed by atoms with Gasteiger partial charge in [0.25, 0.3) is 0 Å². The summed E-state index contributed by atoms with van der Waals surface area (Å²) >= 11 is 1.75. The van der Waals surface area contributed by atoms with E-state index in [1.165, 1.54) is 10.6 Å². The summed E-state index contributed by atoms with van der Waals surface area (Å²) in [5.74, 6) is 0.513. The lowest BCUT2D eigenvalue weighted by Crippen LogP contribution is -2.25. The highest BCUT2D eigenvalue weighted by Gasteiger charge is 2.31. The van der Waals surface area contributed by atoms with Crippen LogP contribution in [-0.4, -0.2) is 27.9 Å². The molecule has 0 saturated carbocycles. The van der Waals surface area contributed by atoms with Crippen molar-refractivity contribution in [3.05, 3.63) is 34.0 Å². The number of hydrogen-bond donors (Lipinski definition) is 1. The van der Waals surface area contributed by atoms with Gasteiger partial charge in [-0.3, -0.25) is 4.68 Å². The molecule has 6 heteroatoms. The average molecular weight is 292 g/mol. The van der Waals surface area contributed by atoms with Crippen LogP contribution in [0.4, 0.5) is 0 Å². The molecule has 20 heavy (non-hydrogen) atoms. The van der Waals surface area contributed by atoms with Crippen molar-refractivity contribution in [1.82, 2.24) is 20.1 Å². The number of rotatable bonds is 5. The Morgan fingerprint density at radius 2 is 2.45 bits per heavy atom. The SMILES string of the molecule is Cc1ncc(CNC[C@@H]2CCO[C@H]2c2ccnn2C)s1. The van der Waals surface area contributed by atoms with Gasteiger partial charge in [-0.2, -0.15) is 5.10 Å². The Hall–Kier alpha value is -1.24. The molecule has 1 saturated heterocycles. The van der Waals surface area contributed by atoms with E-state index >= 15 is 0 Å². The van der Waals surface area contributed by atoms with E-state index in [0.717, 1.165) is 31.1 Å². The fourth-order valence-corrected chi connectivity index (χ4v) is 3.47. The van der Waals surface area contributed by atoms with Gasteiger partial charge in [-0.05, 0) is 19.4 Å². The van der Waals surface area contributed by atoms with Gasteiger partial charge in [-0.1, -0.05) is 0 Å². The van der Waals surface area contributed by atoms with Crippen molar-refractivity contribution >= 4 is 11.3 Å². The lowest BCUT2D eigenvalue weighted by Gasteiger charge is -2.19. The van der Waals surface area contributed by atoms with Crippen LogP contribution in [0, 0.1) is 12.8 Å². The van der Waals surface area contributed by atoms with Gasteiger partial charge >= 0.3 is 0 Å². The van der Waals surface area contributed by atoms with Crippen molar-refractivity contribution in [2.75, 3.05) is 13.2 Å². The van der Waals surface area contributed by atoms with E-state index in [9.17, 15) is 0 Å². The van der Waals surface area contributed by atoms with E-state index in [-0.39, 0.29) is 6.10 Å². The van der Waals surface area contributed by atoms with E-state index in [0.29, 0.717) is 5.92 Å². The summed E-state index contributed by atoms with van der Waals surface area (Å²) in [6, 6.07) is 2.05. The van der Waals surface area contributed by atoms with Crippen LogP contribution in [0.5, 0.6) is 0 Å². The second-order valence-electron chi connectivity index (χ2n) is 5.20. The zero-order valence-electron chi connectivity index (χ0n) is 11.9. The number of hydrogen-bond acceptors (Lipinski definition) is 5. The summed E-state index contributed by atoms with van der Waals surface area (Å²) in [5.41, 5.74) is 1.17. The van der Waals surface area contributed by atoms with Gasteiger partial charge in [0.15, 0.2) is 0 Å². The molecule has 5 nitrogen and oxygen atoms in total. The second kappa shape index (κ2) is 6.03. The van der Waals surface area contributed by atoms with Gasteiger partial charge in [0.1, 0.15) is 6.10 Å². The van der Waals surface area contributed by atoms with Crippen molar-refractivity contribution in [3.8, 4) is 0 Å². The van der Waals surface area contributed by atoms with Gasteiger partial charge in [0.2, 0.25) is 0 Å². The first kappa shape index (κ1) is 13.7. The predicted molar refractivity (Wildman–Crippen MR) is 78.6 cm³/mol. The minimum Gasteiger partial charge on any atom is -0.372 e. The lowest BCUT2D eigenvalue weighted by atomic mass is 9.99. The maximum Gasteiger partial charge on any atom is 0.103 e. The third-order valence-electron chi connectivity index (χ3n) is 3.74. The molecule has 3 rings (SSSR count). The molecular formula is C14H20N4OS. The van der Waals surface area contributed by atoms with Crippen LogP contribution >= 0.6 is 11.3 Å². The standard InChI is InChI=1S/C14H20N4OS/c1-10-16-9-12(20-10)8-15-7-11-4-6-19-14(11)13-3-5-17-18(13)2/h3,5,9,11,14-15H,4,6-8H2,1-2H3/t11-,14+/m0/s1. The Morgan fingerprint density at radius 3 is 3.15 bits per heavy atom. The molecule has 108 valence electrons. The van der Waals surface area contributed by atoms with Crippen LogP contribution in [-0.2, 0) is 18.3 Å². The van der Waals surface area contributed by atoms with Crippen molar-refractivity contribution < 1.29 is 4.74 Å². The van der Waals surface area contributed by atoms with E-state index in [2.05, 4.69) is 21.5 Å². The van der Waals surface area contributed by atoms with Crippen molar-refractivity contribution in [1.29, 1.82) is 0 Å². The highest BCUT2D eigenvalue weighted by atomic mass is 32.1. The van der Waals surface area contributed by atoms with Gasteiger partial charge < -0.3 is 10.1 Å². The molecule has 0 aromatic carbocycles. The predicted octanol–water partition coefficient (Wildman–Crippen LogP) is 2.05. The highest BCUT2D eigenvalue weighted by Crippen LogP contribution is 2.33. The molecule has 2 atom stereocenters. The van der Waals surface area contributed by atoms with Crippen LogP contribution in [0.2, 0.25) is 0 Å². The maximum absolute atomic E-state index is 5.89. The zero-order valence-corrected chi connectivity index (χ0v) is 12.7. The largest absolute Gasteiger partial charge is 0.372 e. The van der Waals surface area contributed by atoms with Gasteiger partial charge in [0.05, 0.1) is 10.7 Å². The van der Waals surface area contributed by atoms with E-state index in [1.807, 2.05) is 31.0 Å². The number of ether oxygens (including phenoxy) is 1. The van der Waals surface area contributed by atoms with E-state index in [1.54, 1.807) is 11.3 Å². The topological polar surface area (TPSA) is 52.0 Å². The molecular weight excluding hydrogens is 272 g/mol.